The maximum absolute atomic E-state index is 10.5. The summed E-state index contributed by atoms with van der Waals surface area (Å²) in [4.78, 5) is 10.5. The predicted molar refractivity (Wildman–Crippen MR) is 42.4 cm³/mol. The van der Waals surface area contributed by atoms with Crippen LogP contribution >= 0.6 is 0 Å². The van der Waals surface area contributed by atoms with Crippen molar-refractivity contribution < 1.29 is 30.0 Å². The second-order valence-electron chi connectivity index (χ2n) is 2.31. The molecule has 2 atom stereocenters. The van der Waals surface area contributed by atoms with Crippen LogP contribution in [-0.2, 0) is 9.53 Å². The Labute approximate surface area is 95.7 Å². The van der Waals surface area contributed by atoms with Gasteiger partial charge in [-0.1, -0.05) is 0 Å². The van der Waals surface area contributed by atoms with E-state index in [-0.39, 0.29) is 29.6 Å². The molecular weight excluding hydrogens is 191 g/mol. The van der Waals surface area contributed by atoms with Crippen LogP contribution in [-0.4, -0.2) is 74.8 Å². The first-order valence-corrected chi connectivity index (χ1v) is 3.20. The summed E-state index contributed by atoms with van der Waals surface area (Å²) in [5.74, 6) is -2.78. The third-order valence-corrected chi connectivity index (χ3v) is 1.48. The average Bonchev–Trinajstić information content (AvgIpc) is 2.32. The normalized spacial score (nSPS) is 23.8. The third-order valence-electron chi connectivity index (χ3n) is 1.48. The fourth-order valence-corrected chi connectivity index (χ4v) is 0.823. The van der Waals surface area contributed by atoms with Crippen LogP contribution in [0.2, 0.25) is 0 Å². The van der Waals surface area contributed by atoms with Gasteiger partial charge in [0.25, 0.3) is 0 Å². The molecule has 1 heterocycles. The molecule has 0 aromatic carbocycles. The number of carbonyl (C=O) groups excluding carboxylic acids is 1. The van der Waals surface area contributed by atoms with Crippen LogP contribution in [0, 0.1) is 0 Å². The van der Waals surface area contributed by atoms with Gasteiger partial charge in [0.05, 0.1) is 6.61 Å². The zero-order valence-electron chi connectivity index (χ0n) is 5.97. The number of aliphatic hydroxyl groups is 4. The van der Waals surface area contributed by atoms with E-state index in [1.54, 1.807) is 0 Å². The van der Waals surface area contributed by atoms with Crippen molar-refractivity contribution in [2.75, 3.05) is 6.61 Å². The molecule has 0 fully saturated rings. The number of cyclic esters (lactones) is 1. The van der Waals surface area contributed by atoms with Crippen molar-refractivity contribution in [2.24, 2.45) is 0 Å². The van der Waals surface area contributed by atoms with Crippen molar-refractivity contribution in [3.63, 3.8) is 0 Å². The van der Waals surface area contributed by atoms with Crippen molar-refractivity contribution in [2.45, 2.75) is 12.2 Å². The molecule has 1 aliphatic heterocycles. The molecule has 0 amide bonds. The van der Waals surface area contributed by atoms with E-state index in [9.17, 15) is 4.79 Å². The zero-order valence-corrected chi connectivity index (χ0v) is 5.97. The first kappa shape index (κ1) is 12.7. The minimum atomic E-state index is -1.42. The van der Waals surface area contributed by atoms with Crippen molar-refractivity contribution in [1.29, 1.82) is 0 Å². The van der Waals surface area contributed by atoms with Gasteiger partial charge < -0.3 is 25.2 Å². The fraction of sp³-hybridized carbons (Fsp3) is 0.500. The molecule has 13 heavy (non-hydrogen) atoms. The third kappa shape index (κ3) is 2.35. The van der Waals surface area contributed by atoms with Crippen LogP contribution in [0.3, 0.4) is 0 Å². The van der Waals surface area contributed by atoms with Gasteiger partial charge in [-0.25, -0.2) is 4.79 Å². The molecule has 0 radical (unpaired) electrons. The molecule has 0 aromatic rings. The van der Waals surface area contributed by atoms with E-state index in [4.69, 9.17) is 20.4 Å². The van der Waals surface area contributed by atoms with E-state index in [1.807, 2.05) is 0 Å². The number of hydrogen-bond donors (Lipinski definition) is 4. The summed E-state index contributed by atoms with van der Waals surface area (Å²) in [6, 6.07) is 0. The van der Waals surface area contributed by atoms with Gasteiger partial charge in [0, 0.05) is 0 Å². The summed E-state index contributed by atoms with van der Waals surface area (Å²) in [6.45, 7) is -0.671. The Kier molecular flexibility index (Phi) is 4.72. The van der Waals surface area contributed by atoms with Gasteiger partial charge in [0.1, 0.15) is 6.10 Å². The number of esters is 1. The summed E-state index contributed by atoms with van der Waals surface area (Å²) in [5.41, 5.74) is 0. The molecule has 1 unspecified atom stereocenters. The topological polar surface area (TPSA) is 107 Å². The Morgan fingerprint density at radius 3 is 2.31 bits per heavy atom. The molecular formula is C6H9NaO6. The molecule has 0 bridgehead atoms. The van der Waals surface area contributed by atoms with Crippen molar-refractivity contribution in [3.05, 3.63) is 11.5 Å². The summed E-state index contributed by atoms with van der Waals surface area (Å²) in [7, 11) is 0. The van der Waals surface area contributed by atoms with E-state index in [2.05, 4.69) is 4.74 Å². The Morgan fingerprint density at radius 1 is 1.46 bits per heavy atom. The molecule has 4 N–H and O–H groups in total. The fourth-order valence-electron chi connectivity index (χ4n) is 0.823. The van der Waals surface area contributed by atoms with Gasteiger partial charge in [-0.05, 0) is 0 Å². The maximum atomic E-state index is 10.5. The van der Waals surface area contributed by atoms with Crippen molar-refractivity contribution in [3.8, 4) is 0 Å². The van der Waals surface area contributed by atoms with Crippen LogP contribution in [0.15, 0.2) is 11.5 Å². The molecule has 0 saturated carbocycles. The molecule has 6 nitrogen and oxygen atoms in total. The SMILES string of the molecule is O=C1OC([C@@H](O)CO)C(O)=C1O.[NaH]. The standard InChI is InChI=1S/C6H8O6.Na.H/c7-1-2(8)5-3(9)4(10)6(11)12-5;;/h2,5,7-10H,1H2;;/t2-,5?;;/m0../s1. The molecule has 0 aromatic heterocycles. The average molecular weight is 200 g/mol. The van der Waals surface area contributed by atoms with Gasteiger partial charge in [-0.3, -0.25) is 0 Å². The Bertz CT molecular complexity index is 237. The van der Waals surface area contributed by atoms with Gasteiger partial charge in [0.15, 0.2) is 11.9 Å². The Hall–Kier alpha value is -0.270. The number of ether oxygens (including phenoxy) is 1. The molecule has 7 heteroatoms. The van der Waals surface area contributed by atoms with Gasteiger partial charge in [-0.2, -0.15) is 0 Å². The summed E-state index contributed by atoms with van der Waals surface area (Å²) in [6.07, 6.45) is -2.78. The number of rotatable bonds is 2. The van der Waals surface area contributed by atoms with Crippen LogP contribution < -0.4 is 0 Å². The van der Waals surface area contributed by atoms with E-state index >= 15 is 0 Å². The van der Waals surface area contributed by atoms with E-state index in [0.717, 1.165) is 0 Å². The molecule has 1 rings (SSSR count). The number of aliphatic hydroxyl groups excluding tert-OH is 4. The molecule has 70 valence electrons. The van der Waals surface area contributed by atoms with Crippen LogP contribution in [0.1, 0.15) is 0 Å². The van der Waals surface area contributed by atoms with Crippen molar-refractivity contribution in [1.82, 2.24) is 0 Å². The quantitative estimate of drug-likeness (QED) is 0.302. The van der Waals surface area contributed by atoms with E-state index < -0.39 is 36.3 Å². The first-order valence-electron chi connectivity index (χ1n) is 3.20. The molecule has 0 spiro atoms. The van der Waals surface area contributed by atoms with E-state index in [1.165, 1.54) is 0 Å². The van der Waals surface area contributed by atoms with Crippen LogP contribution in [0.25, 0.3) is 0 Å². The van der Waals surface area contributed by atoms with Crippen LogP contribution in [0.5, 0.6) is 0 Å². The van der Waals surface area contributed by atoms with Crippen molar-refractivity contribution >= 4 is 35.5 Å². The second-order valence-corrected chi connectivity index (χ2v) is 2.31. The van der Waals surface area contributed by atoms with E-state index in [0.29, 0.717) is 0 Å². The first-order chi connectivity index (χ1) is 5.57. The number of hydrogen-bond acceptors (Lipinski definition) is 6. The Morgan fingerprint density at radius 2 is 2.00 bits per heavy atom. The summed E-state index contributed by atoms with van der Waals surface area (Å²) < 4.78 is 4.32. The monoisotopic (exact) mass is 200 g/mol. The molecule has 0 aliphatic carbocycles. The summed E-state index contributed by atoms with van der Waals surface area (Å²) >= 11 is 0. The van der Waals surface area contributed by atoms with Gasteiger partial charge in [-0.15, -0.1) is 0 Å². The van der Waals surface area contributed by atoms with Crippen LogP contribution in [0.4, 0.5) is 0 Å². The zero-order chi connectivity index (χ0) is 9.30. The summed E-state index contributed by atoms with van der Waals surface area (Å²) in [5, 5.41) is 35.0. The van der Waals surface area contributed by atoms with Gasteiger partial charge >= 0.3 is 35.5 Å². The predicted octanol–water partition coefficient (Wildman–Crippen LogP) is -2.06. The Balaban J connectivity index is 0.00000144. The number of carbonyl (C=O) groups is 1. The molecule has 0 saturated heterocycles. The molecule has 1 aliphatic rings. The van der Waals surface area contributed by atoms with Gasteiger partial charge in [0.2, 0.25) is 5.76 Å². The minimum absolute atomic E-state index is 0. The second kappa shape index (κ2) is 4.83.